The first-order valence-electron chi connectivity index (χ1n) is 5.19. The van der Waals surface area contributed by atoms with E-state index in [2.05, 4.69) is 0 Å². The molecule has 1 aromatic heterocycles. The van der Waals surface area contributed by atoms with Crippen LogP contribution < -0.4 is 11.3 Å². The second-order valence-electron chi connectivity index (χ2n) is 3.56. The molecule has 0 atom stereocenters. The van der Waals surface area contributed by atoms with Gasteiger partial charge in [0.25, 0.3) is 5.91 Å². The van der Waals surface area contributed by atoms with Crippen molar-refractivity contribution in [3.8, 4) is 5.75 Å². The quantitative estimate of drug-likeness (QED) is 0.339. The van der Waals surface area contributed by atoms with Gasteiger partial charge in [-0.05, 0) is 24.3 Å². The van der Waals surface area contributed by atoms with Crippen LogP contribution in [0.2, 0.25) is 0 Å². The van der Waals surface area contributed by atoms with E-state index < -0.39 is 0 Å². The van der Waals surface area contributed by atoms with Crippen LogP contribution in [0.3, 0.4) is 0 Å². The summed E-state index contributed by atoms with van der Waals surface area (Å²) < 4.78 is 5.24. The summed E-state index contributed by atoms with van der Waals surface area (Å²) in [5.41, 5.74) is 2.43. The Balaban J connectivity index is 1.98. The lowest BCUT2D eigenvalue weighted by Gasteiger charge is -1.99. The first kappa shape index (κ1) is 12.5. The Hall–Kier alpha value is -1.92. The summed E-state index contributed by atoms with van der Waals surface area (Å²) in [7, 11) is 0. The Labute approximate surface area is 108 Å². The molecule has 5 nitrogen and oxygen atoms in total. The molecular weight excluding hydrogens is 252 g/mol. The number of nitrogen functional groups attached to an aromatic ring is 1. The predicted molar refractivity (Wildman–Crippen MR) is 68.0 cm³/mol. The lowest BCUT2D eigenvalue weighted by atomic mass is 10.3. The number of aromatic hydroxyl groups is 1. The normalized spacial score (nSPS) is 10.3. The standard InChI is InChI=1S/C12H12N2O3S/c13-14-12(16)8-4-10(17-6-8)7-18-11-3-1-2-9(15)5-11/h1-6,15H,7,13H2,(H,14,16). The van der Waals surface area contributed by atoms with Crippen molar-refractivity contribution < 1.29 is 14.3 Å². The zero-order valence-electron chi connectivity index (χ0n) is 9.42. The molecule has 0 aliphatic rings. The molecule has 0 bridgehead atoms. The molecule has 0 unspecified atom stereocenters. The highest BCUT2D eigenvalue weighted by Crippen LogP contribution is 2.26. The van der Waals surface area contributed by atoms with Gasteiger partial charge in [-0.2, -0.15) is 0 Å². The number of hydrazine groups is 1. The number of nitrogens with two attached hydrogens (primary N) is 1. The molecular formula is C12H12N2O3S. The van der Waals surface area contributed by atoms with Gasteiger partial charge in [-0.1, -0.05) is 6.07 Å². The third-order valence-electron chi connectivity index (χ3n) is 2.25. The molecule has 0 aliphatic heterocycles. The van der Waals surface area contributed by atoms with E-state index in [1.807, 2.05) is 11.5 Å². The number of furan rings is 1. The van der Waals surface area contributed by atoms with Gasteiger partial charge in [-0.15, -0.1) is 11.8 Å². The van der Waals surface area contributed by atoms with Crippen LogP contribution in [-0.2, 0) is 5.75 Å². The van der Waals surface area contributed by atoms with E-state index in [1.54, 1.807) is 24.3 Å². The summed E-state index contributed by atoms with van der Waals surface area (Å²) in [6, 6.07) is 8.58. The van der Waals surface area contributed by atoms with Crippen molar-refractivity contribution in [1.82, 2.24) is 5.43 Å². The molecule has 1 aromatic carbocycles. The highest BCUT2D eigenvalue weighted by molar-refractivity contribution is 7.98. The van der Waals surface area contributed by atoms with Gasteiger partial charge in [-0.25, -0.2) is 5.84 Å². The van der Waals surface area contributed by atoms with Gasteiger partial charge in [0.1, 0.15) is 17.8 Å². The number of hydrogen-bond donors (Lipinski definition) is 3. The van der Waals surface area contributed by atoms with Gasteiger partial charge in [0.2, 0.25) is 0 Å². The van der Waals surface area contributed by atoms with E-state index in [9.17, 15) is 9.90 Å². The largest absolute Gasteiger partial charge is 0.508 e. The van der Waals surface area contributed by atoms with Gasteiger partial charge in [0.15, 0.2) is 0 Å². The Morgan fingerprint density at radius 2 is 2.28 bits per heavy atom. The van der Waals surface area contributed by atoms with Crippen molar-refractivity contribution in [3.63, 3.8) is 0 Å². The highest BCUT2D eigenvalue weighted by Gasteiger charge is 2.08. The zero-order valence-corrected chi connectivity index (χ0v) is 10.2. The predicted octanol–water partition coefficient (Wildman–Crippen LogP) is 1.88. The minimum absolute atomic E-state index is 0.225. The fourth-order valence-electron chi connectivity index (χ4n) is 1.39. The maximum absolute atomic E-state index is 11.2. The molecule has 1 heterocycles. The maximum Gasteiger partial charge on any atom is 0.268 e. The zero-order chi connectivity index (χ0) is 13.0. The number of thioether (sulfide) groups is 1. The third-order valence-corrected chi connectivity index (χ3v) is 3.26. The van der Waals surface area contributed by atoms with E-state index in [-0.39, 0.29) is 11.7 Å². The average Bonchev–Trinajstić information content (AvgIpc) is 2.84. The molecule has 6 heteroatoms. The molecule has 0 spiro atoms. The number of benzene rings is 1. The molecule has 0 fully saturated rings. The lowest BCUT2D eigenvalue weighted by molar-refractivity contribution is 0.0953. The highest BCUT2D eigenvalue weighted by atomic mass is 32.2. The smallest absolute Gasteiger partial charge is 0.268 e. The second kappa shape index (κ2) is 5.61. The minimum atomic E-state index is -0.382. The fourth-order valence-corrected chi connectivity index (χ4v) is 2.23. The Morgan fingerprint density at radius 1 is 1.44 bits per heavy atom. The second-order valence-corrected chi connectivity index (χ2v) is 4.61. The third kappa shape index (κ3) is 3.06. The molecule has 18 heavy (non-hydrogen) atoms. The Morgan fingerprint density at radius 3 is 3.00 bits per heavy atom. The van der Waals surface area contributed by atoms with Gasteiger partial charge in [0.05, 0.1) is 11.3 Å². The molecule has 2 aromatic rings. The van der Waals surface area contributed by atoms with Gasteiger partial charge < -0.3 is 9.52 Å². The summed E-state index contributed by atoms with van der Waals surface area (Å²) in [5, 5.41) is 9.32. The maximum atomic E-state index is 11.2. The number of amides is 1. The molecule has 2 rings (SSSR count). The van der Waals surface area contributed by atoms with Crippen LogP contribution in [0.4, 0.5) is 0 Å². The van der Waals surface area contributed by atoms with Gasteiger partial charge in [0, 0.05) is 4.90 Å². The van der Waals surface area contributed by atoms with Crippen LogP contribution >= 0.6 is 11.8 Å². The van der Waals surface area contributed by atoms with Crippen molar-refractivity contribution in [3.05, 3.63) is 47.9 Å². The topological polar surface area (TPSA) is 88.5 Å². The number of nitrogens with one attached hydrogen (secondary N) is 1. The van der Waals surface area contributed by atoms with Crippen LogP contribution in [0.1, 0.15) is 16.1 Å². The summed E-state index contributed by atoms with van der Waals surface area (Å²) in [4.78, 5) is 12.1. The van der Waals surface area contributed by atoms with Crippen LogP contribution in [0, 0.1) is 0 Å². The molecule has 0 aliphatic carbocycles. The number of rotatable bonds is 4. The van der Waals surface area contributed by atoms with Crippen LogP contribution in [0.25, 0.3) is 0 Å². The average molecular weight is 264 g/mol. The van der Waals surface area contributed by atoms with E-state index in [0.717, 1.165) is 4.90 Å². The van der Waals surface area contributed by atoms with Gasteiger partial charge in [-0.3, -0.25) is 10.2 Å². The number of carbonyl (C=O) groups is 1. The van der Waals surface area contributed by atoms with Crippen LogP contribution in [-0.4, -0.2) is 11.0 Å². The molecule has 0 radical (unpaired) electrons. The summed E-state index contributed by atoms with van der Waals surface area (Å²) in [5.74, 6) is 6.10. The van der Waals surface area contributed by atoms with E-state index in [4.69, 9.17) is 10.3 Å². The first-order valence-corrected chi connectivity index (χ1v) is 6.18. The monoisotopic (exact) mass is 264 g/mol. The lowest BCUT2D eigenvalue weighted by Crippen LogP contribution is -2.29. The summed E-state index contributed by atoms with van der Waals surface area (Å²) >= 11 is 1.50. The van der Waals surface area contributed by atoms with Crippen molar-refractivity contribution in [1.29, 1.82) is 0 Å². The minimum Gasteiger partial charge on any atom is -0.508 e. The summed E-state index contributed by atoms with van der Waals surface area (Å²) in [6.07, 6.45) is 1.36. The number of carbonyl (C=O) groups excluding carboxylic acids is 1. The van der Waals surface area contributed by atoms with Crippen LogP contribution in [0.15, 0.2) is 45.9 Å². The van der Waals surface area contributed by atoms with Crippen molar-refractivity contribution >= 4 is 17.7 Å². The van der Waals surface area contributed by atoms with Crippen molar-refractivity contribution in [2.75, 3.05) is 0 Å². The number of phenolic OH excluding ortho intramolecular Hbond substituents is 1. The summed E-state index contributed by atoms with van der Waals surface area (Å²) in [6.45, 7) is 0. The molecule has 1 amide bonds. The Bertz CT molecular complexity index is 554. The fraction of sp³-hybridized carbons (Fsp3) is 0.0833. The SMILES string of the molecule is NNC(=O)c1coc(CSc2cccc(O)c2)c1. The first-order chi connectivity index (χ1) is 8.69. The van der Waals surface area contributed by atoms with E-state index >= 15 is 0 Å². The van der Waals surface area contributed by atoms with Gasteiger partial charge >= 0.3 is 0 Å². The number of phenols is 1. The molecule has 94 valence electrons. The van der Waals surface area contributed by atoms with Crippen molar-refractivity contribution in [2.45, 2.75) is 10.6 Å². The Kier molecular flexibility index (Phi) is 3.91. The van der Waals surface area contributed by atoms with Crippen LogP contribution in [0.5, 0.6) is 5.75 Å². The van der Waals surface area contributed by atoms with E-state index in [0.29, 0.717) is 17.1 Å². The number of hydrogen-bond acceptors (Lipinski definition) is 5. The molecule has 4 N–H and O–H groups in total. The molecule has 0 saturated heterocycles. The molecule has 0 saturated carbocycles. The van der Waals surface area contributed by atoms with Crippen molar-refractivity contribution in [2.24, 2.45) is 5.84 Å². The van der Waals surface area contributed by atoms with E-state index in [1.165, 1.54) is 18.0 Å².